The van der Waals surface area contributed by atoms with Crippen LogP contribution >= 0.6 is 0 Å². The number of benzene rings is 2. The number of phenols is 1. The van der Waals surface area contributed by atoms with Gasteiger partial charge in [0.2, 0.25) is 0 Å². The molecule has 1 aliphatic carbocycles. The van der Waals surface area contributed by atoms with Crippen LogP contribution in [-0.2, 0) is 20.9 Å². The summed E-state index contributed by atoms with van der Waals surface area (Å²) in [7, 11) is 3.06. The number of phenolic OH excluding ortho intramolecular Hbond substituents is 1. The summed E-state index contributed by atoms with van der Waals surface area (Å²) in [5.74, 6) is -0.161. The van der Waals surface area contributed by atoms with Crippen molar-refractivity contribution in [2.75, 3.05) is 14.2 Å². The maximum atomic E-state index is 13.3. The second-order valence-electron chi connectivity index (χ2n) is 8.12. The Bertz CT molecular complexity index is 1150. The van der Waals surface area contributed by atoms with Crippen molar-refractivity contribution in [1.29, 1.82) is 0 Å². The number of esters is 1. The summed E-state index contributed by atoms with van der Waals surface area (Å²) in [5.41, 5.74) is 3.85. The zero-order valence-electron chi connectivity index (χ0n) is 18.9. The van der Waals surface area contributed by atoms with Crippen LogP contribution in [0.2, 0.25) is 0 Å². The zero-order valence-corrected chi connectivity index (χ0v) is 18.9. The van der Waals surface area contributed by atoms with Crippen LogP contribution in [0, 0.1) is 0 Å². The number of methoxy groups -OCH3 is 2. The minimum absolute atomic E-state index is 0.00277. The van der Waals surface area contributed by atoms with Gasteiger partial charge in [-0.1, -0.05) is 18.2 Å². The summed E-state index contributed by atoms with van der Waals surface area (Å²) >= 11 is 0. The molecule has 0 radical (unpaired) electrons. The Labute approximate surface area is 192 Å². The molecule has 0 unspecified atom stereocenters. The van der Waals surface area contributed by atoms with Crippen LogP contribution in [0.15, 0.2) is 65.0 Å². The van der Waals surface area contributed by atoms with Crippen LogP contribution < -0.4 is 14.8 Å². The van der Waals surface area contributed by atoms with Crippen molar-refractivity contribution >= 4 is 11.8 Å². The van der Waals surface area contributed by atoms with Crippen LogP contribution in [-0.4, -0.2) is 31.1 Å². The number of rotatable bonds is 6. The molecule has 0 bridgehead atoms. The second kappa shape index (κ2) is 9.40. The molecule has 2 aromatic rings. The molecule has 7 nitrogen and oxygen atoms in total. The smallest absolute Gasteiger partial charge is 0.337 e. The van der Waals surface area contributed by atoms with Crippen molar-refractivity contribution < 1.29 is 28.9 Å². The Balaban J connectivity index is 1.68. The van der Waals surface area contributed by atoms with Gasteiger partial charge in [-0.25, -0.2) is 4.79 Å². The minimum Gasteiger partial charge on any atom is -0.504 e. The van der Waals surface area contributed by atoms with Gasteiger partial charge >= 0.3 is 5.97 Å². The van der Waals surface area contributed by atoms with Gasteiger partial charge in [-0.05, 0) is 55.2 Å². The van der Waals surface area contributed by atoms with Crippen molar-refractivity contribution in [3.8, 4) is 17.2 Å². The second-order valence-corrected chi connectivity index (χ2v) is 8.12. The lowest BCUT2D eigenvalue weighted by molar-refractivity contribution is -0.140. The van der Waals surface area contributed by atoms with E-state index >= 15 is 0 Å². The number of ketones is 1. The highest BCUT2D eigenvalue weighted by Gasteiger charge is 2.39. The third-order valence-electron chi connectivity index (χ3n) is 6.06. The molecule has 4 rings (SSSR count). The third-order valence-corrected chi connectivity index (χ3v) is 6.06. The normalized spacial score (nSPS) is 17.9. The first-order valence-electron chi connectivity index (χ1n) is 10.8. The van der Waals surface area contributed by atoms with E-state index in [9.17, 15) is 14.7 Å². The lowest BCUT2D eigenvalue weighted by atomic mass is 9.75. The fourth-order valence-electron chi connectivity index (χ4n) is 4.42. The van der Waals surface area contributed by atoms with Gasteiger partial charge < -0.3 is 24.6 Å². The highest BCUT2D eigenvalue weighted by Crippen LogP contribution is 2.44. The van der Waals surface area contributed by atoms with E-state index in [2.05, 4.69) is 5.32 Å². The van der Waals surface area contributed by atoms with Gasteiger partial charge in [-0.3, -0.25) is 4.79 Å². The number of hydrogen-bond acceptors (Lipinski definition) is 7. The molecule has 0 fully saturated rings. The first-order valence-corrected chi connectivity index (χ1v) is 10.8. The molecule has 1 heterocycles. The van der Waals surface area contributed by atoms with Crippen molar-refractivity contribution in [2.45, 2.75) is 38.7 Å². The van der Waals surface area contributed by atoms with Crippen molar-refractivity contribution in [1.82, 2.24) is 5.32 Å². The third kappa shape index (κ3) is 4.44. The largest absolute Gasteiger partial charge is 0.504 e. The predicted octanol–water partition coefficient (Wildman–Crippen LogP) is 4.12. The number of Topliss-reactive ketones (excluding diaryl/α,β-unsaturated/α-hetero) is 1. The van der Waals surface area contributed by atoms with Gasteiger partial charge in [0.05, 0.1) is 19.8 Å². The van der Waals surface area contributed by atoms with Crippen LogP contribution in [0.4, 0.5) is 0 Å². The summed E-state index contributed by atoms with van der Waals surface area (Å²) < 4.78 is 16.0. The average Bonchev–Trinajstić information content (AvgIpc) is 2.82. The maximum absolute atomic E-state index is 13.3. The summed E-state index contributed by atoms with van der Waals surface area (Å²) in [5, 5.41) is 13.6. The molecule has 0 saturated heterocycles. The Morgan fingerprint density at radius 2 is 1.85 bits per heavy atom. The number of carbonyl (C=O) groups is 2. The van der Waals surface area contributed by atoms with E-state index in [-0.39, 0.29) is 18.1 Å². The zero-order chi connectivity index (χ0) is 23.5. The lowest BCUT2D eigenvalue weighted by Gasteiger charge is -2.34. The van der Waals surface area contributed by atoms with E-state index in [1.165, 1.54) is 7.11 Å². The summed E-state index contributed by atoms with van der Waals surface area (Å²) in [4.78, 5) is 26.3. The average molecular weight is 450 g/mol. The molecular weight excluding hydrogens is 422 g/mol. The molecule has 1 aliphatic heterocycles. The molecule has 0 spiro atoms. The molecule has 1 atom stereocenters. The van der Waals surface area contributed by atoms with Crippen LogP contribution in [0.3, 0.4) is 0 Å². The quantitative estimate of drug-likeness (QED) is 0.641. The molecule has 2 N–H and O–H groups in total. The maximum Gasteiger partial charge on any atom is 0.337 e. The van der Waals surface area contributed by atoms with Crippen LogP contribution in [0.25, 0.3) is 0 Å². The summed E-state index contributed by atoms with van der Waals surface area (Å²) in [6, 6.07) is 12.2. The monoisotopic (exact) mass is 449 g/mol. The summed E-state index contributed by atoms with van der Waals surface area (Å²) in [6.45, 7) is 1.89. The van der Waals surface area contributed by atoms with Crippen molar-refractivity contribution in [2.24, 2.45) is 0 Å². The van der Waals surface area contributed by atoms with Gasteiger partial charge in [0, 0.05) is 29.3 Å². The van der Waals surface area contributed by atoms with Gasteiger partial charge in [0.1, 0.15) is 12.4 Å². The molecule has 33 heavy (non-hydrogen) atoms. The molecule has 2 aliphatic rings. The Kier molecular flexibility index (Phi) is 6.40. The SMILES string of the molecule is COc1ccc(COC(=O)C2=C(C)NC3=C(C(=O)CCC3)[C@H]2c2ccc(OC)c(O)c2)cc1. The Morgan fingerprint density at radius 3 is 2.52 bits per heavy atom. The molecule has 7 heteroatoms. The highest BCUT2D eigenvalue weighted by molar-refractivity contribution is 6.03. The number of allylic oxidation sites excluding steroid dienone is 3. The van der Waals surface area contributed by atoms with Crippen molar-refractivity contribution in [3.05, 3.63) is 76.1 Å². The molecule has 0 amide bonds. The molecular formula is C26H27NO6. The number of dihydropyridines is 1. The lowest BCUT2D eigenvalue weighted by Crippen LogP contribution is -2.34. The van der Waals surface area contributed by atoms with Crippen LogP contribution in [0.5, 0.6) is 17.2 Å². The first-order chi connectivity index (χ1) is 15.9. The van der Waals surface area contributed by atoms with Gasteiger partial charge in [0.25, 0.3) is 0 Å². The Morgan fingerprint density at radius 1 is 1.09 bits per heavy atom. The fraction of sp³-hybridized carbons (Fsp3) is 0.308. The number of nitrogens with one attached hydrogen (secondary N) is 1. The van der Waals surface area contributed by atoms with E-state index in [1.54, 1.807) is 37.4 Å². The van der Waals surface area contributed by atoms with E-state index in [0.29, 0.717) is 34.6 Å². The standard InChI is InChI=1S/C26H27NO6/c1-15-23(26(30)33-14-16-7-10-18(31-2)11-8-16)24(17-9-12-22(32-3)21(29)13-17)25-19(27-15)5-4-6-20(25)28/h7-13,24,27,29H,4-6,14H2,1-3H3/t24-/m0/s1. The topological polar surface area (TPSA) is 94.1 Å². The number of carbonyl (C=O) groups excluding carboxylic acids is 2. The van der Waals surface area contributed by atoms with Crippen LogP contribution in [0.1, 0.15) is 43.2 Å². The predicted molar refractivity (Wildman–Crippen MR) is 122 cm³/mol. The highest BCUT2D eigenvalue weighted by atomic mass is 16.5. The summed E-state index contributed by atoms with van der Waals surface area (Å²) in [6.07, 6.45) is 1.91. The van der Waals surface area contributed by atoms with E-state index in [4.69, 9.17) is 14.2 Å². The molecule has 172 valence electrons. The number of aromatic hydroxyl groups is 1. The minimum atomic E-state index is -0.630. The van der Waals surface area contributed by atoms with Gasteiger partial charge in [-0.2, -0.15) is 0 Å². The fourth-order valence-corrected chi connectivity index (χ4v) is 4.42. The van der Waals surface area contributed by atoms with E-state index in [0.717, 1.165) is 29.9 Å². The molecule has 0 saturated carbocycles. The molecule has 0 aromatic heterocycles. The van der Waals surface area contributed by atoms with Crippen molar-refractivity contribution in [3.63, 3.8) is 0 Å². The van der Waals surface area contributed by atoms with Gasteiger partial charge in [-0.15, -0.1) is 0 Å². The van der Waals surface area contributed by atoms with E-state index in [1.807, 2.05) is 19.1 Å². The Hall–Kier alpha value is -3.74. The van der Waals surface area contributed by atoms with Gasteiger partial charge in [0.15, 0.2) is 17.3 Å². The van der Waals surface area contributed by atoms with E-state index < -0.39 is 11.9 Å². The molecule has 2 aromatic carbocycles. The number of ether oxygens (including phenoxy) is 3. The number of hydrogen-bond donors (Lipinski definition) is 2. The first kappa shape index (κ1) is 22.5.